The van der Waals surface area contributed by atoms with Gasteiger partial charge in [0.1, 0.15) is 5.82 Å². The lowest BCUT2D eigenvalue weighted by molar-refractivity contribution is 0.250. The summed E-state index contributed by atoms with van der Waals surface area (Å²) < 4.78 is 4.98. The Morgan fingerprint density at radius 2 is 1.93 bits per heavy atom. The lowest BCUT2D eigenvalue weighted by Gasteiger charge is -2.19. The molecule has 0 fully saturated rings. The monoisotopic (exact) mass is 371 g/mol. The molecule has 0 aliphatic heterocycles. The second kappa shape index (κ2) is 12.9. The third-order valence-electron chi connectivity index (χ3n) is 3.32. The Labute approximate surface area is 161 Å². The number of hydrogen-bond acceptors (Lipinski definition) is 5. The van der Waals surface area contributed by atoms with Crippen LogP contribution in [0.3, 0.4) is 0 Å². The van der Waals surface area contributed by atoms with Gasteiger partial charge in [0.2, 0.25) is 0 Å². The number of urea groups is 1. The lowest BCUT2D eigenvalue weighted by atomic mass is 10.0. The molecule has 2 amide bonds. The highest BCUT2D eigenvalue weighted by Crippen LogP contribution is 2.11. The third kappa shape index (κ3) is 9.64. The van der Waals surface area contributed by atoms with Crippen LogP contribution >= 0.6 is 0 Å². The summed E-state index contributed by atoms with van der Waals surface area (Å²) in [4.78, 5) is 15.5. The van der Waals surface area contributed by atoms with E-state index in [1.54, 1.807) is 26.0 Å². The van der Waals surface area contributed by atoms with Crippen molar-refractivity contribution < 1.29 is 9.53 Å². The number of carbonyl (C=O) groups is 1. The minimum Gasteiger partial charge on any atom is -0.484 e. The van der Waals surface area contributed by atoms with E-state index in [9.17, 15) is 4.79 Å². The Hall–Kier alpha value is -3.35. The van der Waals surface area contributed by atoms with Crippen LogP contribution in [0.1, 0.15) is 20.8 Å². The highest BCUT2D eigenvalue weighted by atomic mass is 16.5. The SMILES string of the molecule is C=C/C=C\C=C/C(C)N/C(NC(N)=O)=C(/C)C(=N)/C(C=C)=C/N=C(\C)OC. The molecule has 0 aliphatic carbocycles. The fourth-order valence-electron chi connectivity index (χ4n) is 1.78. The summed E-state index contributed by atoms with van der Waals surface area (Å²) in [6.45, 7) is 12.6. The molecule has 0 saturated carbocycles. The van der Waals surface area contributed by atoms with E-state index in [2.05, 4.69) is 28.8 Å². The van der Waals surface area contributed by atoms with E-state index in [-0.39, 0.29) is 11.8 Å². The molecule has 1 atom stereocenters. The minimum atomic E-state index is -0.732. The maximum Gasteiger partial charge on any atom is 0.317 e. The van der Waals surface area contributed by atoms with Crippen LogP contribution in [0.2, 0.25) is 0 Å². The maximum absolute atomic E-state index is 11.4. The average Bonchev–Trinajstić information content (AvgIpc) is 2.63. The predicted molar refractivity (Wildman–Crippen MR) is 113 cm³/mol. The zero-order valence-electron chi connectivity index (χ0n) is 16.4. The van der Waals surface area contributed by atoms with Gasteiger partial charge < -0.3 is 15.8 Å². The third-order valence-corrected chi connectivity index (χ3v) is 3.32. The van der Waals surface area contributed by atoms with Gasteiger partial charge in [-0.05, 0) is 13.8 Å². The van der Waals surface area contributed by atoms with Crippen LogP contribution in [0.25, 0.3) is 0 Å². The number of primary amides is 1. The molecule has 27 heavy (non-hydrogen) atoms. The smallest absolute Gasteiger partial charge is 0.317 e. The van der Waals surface area contributed by atoms with Gasteiger partial charge in [-0.15, -0.1) is 0 Å². The molecule has 0 aromatic heterocycles. The van der Waals surface area contributed by atoms with Crippen molar-refractivity contribution in [2.45, 2.75) is 26.8 Å². The van der Waals surface area contributed by atoms with Crippen molar-refractivity contribution in [1.29, 1.82) is 5.41 Å². The van der Waals surface area contributed by atoms with Crippen molar-refractivity contribution in [3.8, 4) is 0 Å². The van der Waals surface area contributed by atoms with Gasteiger partial charge in [0, 0.05) is 30.3 Å². The fourth-order valence-corrected chi connectivity index (χ4v) is 1.78. The number of nitrogens with zero attached hydrogens (tertiary/aromatic N) is 1. The minimum absolute atomic E-state index is 0.131. The molecule has 0 aliphatic rings. The number of hydrogen-bond donors (Lipinski definition) is 4. The number of nitrogens with two attached hydrogens (primary N) is 1. The Morgan fingerprint density at radius 1 is 1.26 bits per heavy atom. The van der Waals surface area contributed by atoms with Gasteiger partial charge in [0.15, 0.2) is 5.90 Å². The van der Waals surface area contributed by atoms with Crippen LogP contribution in [0, 0.1) is 5.41 Å². The molecule has 1 unspecified atom stereocenters. The summed E-state index contributed by atoms with van der Waals surface area (Å²) in [6.07, 6.45) is 12.0. The summed E-state index contributed by atoms with van der Waals surface area (Å²) in [5, 5.41) is 14.0. The van der Waals surface area contributed by atoms with Gasteiger partial charge in [0.05, 0.1) is 12.8 Å². The summed E-state index contributed by atoms with van der Waals surface area (Å²) >= 11 is 0. The Balaban J connectivity index is 5.68. The van der Waals surface area contributed by atoms with Crippen LogP contribution in [0.15, 0.2) is 77.8 Å². The molecule has 0 aromatic rings. The predicted octanol–water partition coefficient (Wildman–Crippen LogP) is 3.32. The molecule has 146 valence electrons. The first-order chi connectivity index (χ1) is 12.8. The molecule has 5 N–H and O–H groups in total. The van der Waals surface area contributed by atoms with Gasteiger partial charge in [-0.25, -0.2) is 9.79 Å². The molecule has 0 radical (unpaired) electrons. The maximum atomic E-state index is 11.4. The molecular weight excluding hydrogens is 342 g/mol. The standard InChI is InChI=1S/C20H29N5O2/c1-7-9-10-11-12-14(3)24-19(25-20(22)26)15(4)18(21)17(8-2)13-23-16(5)27-6/h7-14,21,24H,1-2H2,3-6H3,(H3,22,25,26)/b10-9-,12-11-,17-13+,19-15+,21-18?,23-16+. The van der Waals surface area contributed by atoms with Crippen LogP contribution < -0.4 is 16.4 Å². The average molecular weight is 371 g/mol. The van der Waals surface area contributed by atoms with E-state index in [1.807, 2.05) is 25.2 Å². The molecule has 0 spiro atoms. The highest BCUT2D eigenvalue weighted by molar-refractivity contribution is 6.12. The van der Waals surface area contributed by atoms with Gasteiger partial charge in [-0.3, -0.25) is 10.7 Å². The number of nitrogens with one attached hydrogen (secondary N) is 3. The first-order valence-corrected chi connectivity index (χ1v) is 8.26. The Morgan fingerprint density at radius 3 is 2.44 bits per heavy atom. The summed E-state index contributed by atoms with van der Waals surface area (Å²) in [7, 11) is 1.51. The first-order valence-electron chi connectivity index (χ1n) is 8.26. The number of methoxy groups -OCH3 is 1. The van der Waals surface area contributed by atoms with E-state index in [0.717, 1.165) is 0 Å². The van der Waals surface area contributed by atoms with E-state index >= 15 is 0 Å². The molecule has 7 heteroatoms. The van der Waals surface area contributed by atoms with Crippen molar-refractivity contribution in [1.82, 2.24) is 10.6 Å². The van der Waals surface area contributed by atoms with Crippen molar-refractivity contribution in [3.05, 3.63) is 72.8 Å². The summed E-state index contributed by atoms with van der Waals surface area (Å²) in [5.41, 5.74) is 6.34. The van der Waals surface area contributed by atoms with E-state index in [1.165, 1.54) is 19.4 Å². The number of allylic oxidation sites excluding steroid dienone is 7. The van der Waals surface area contributed by atoms with Crippen molar-refractivity contribution in [2.24, 2.45) is 10.7 Å². The molecule has 0 bridgehead atoms. The van der Waals surface area contributed by atoms with Gasteiger partial charge in [0.25, 0.3) is 0 Å². The Bertz CT molecular complexity index is 712. The van der Waals surface area contributed by atoms with Crippen molar-refractivity contribution in [3.63, 3.8) is 0 Å². The largest absolute Gasteiger partial charge is 0.484 e. The van der Waals surface area contributed by atoms with Crippen molar-refractivity contribution in [2.75, 3.05) is 7.11 Å². The van der Waals surface area contributed by atoms with E-state index in [0.29, 0.717) is 22.9 Å². The van der Waals surface area contributed by atoms with Gasteiger partial charge in [-0.1, -0.05) is 49.6 Å². The van der Waals surface area contributed by atoms with Crippen LogP contribution in [-0.4, -0.2) is 30.8 Å². The lowest BCUT2D eigenvalue weighted by Crippen LogP contribution is -2.39. The second-order valence-corrected chi connectivity index (χ2v) is 5.44. The first kappa shape index (κ1) is 23.6. The Kier molecular flexibility index (Phi) is 11.3. The molecule has 0 heterocycles. The molecule has 0 saturated heterocycles. The number of rotatable bonds is 10. The molecular formula is C20H29N5O2. The topological polar surface area (TPSA) is 113 Å². The van der Waals surface area contributed by atoms with E-state index in [4.69, 9.17) is 15.9 Å². The number of amides is 2. The van der Waals surface area contributed by atoms with Crippen LogP contribution in [0.4, 0.5) is 4.79 Å². The highest BCUT2D eigenvalue weighted by Gasteiger charge is 2.13. The summed E-state index contributed by atoms with van der Waals surface area (Å²) in [5.74, 6) is 0.779. The molecule has 7 nitrogen and oxygen atoms in total. The number of ether oxygens (including phenoxy) is 1. The van der Waals surface area contributed by atoms with Crippen LogP contribution in [0.5, 0.6) is 0 Å². The quantitative estimate of drug-likeness (QED) is 0.268. The van der Waals surface area contributed by atoms with Gasteiger partial charge >= 0.3 is 6.03 Å². The molecule has 0 aromatic carbocycles. The normalized spacial score (nSPS) is 14.5. The second-order valence-electron chi connectivity index (χ2n) is 5.44. The zero-order chi connectivity index (χ0) is 20.8. The van der Waals surface area contributed by atoms with E-state index < -0.39 is 6.03 Å². The van der Waals surface area contributed by atoms with Crippen molar-refractivity contribution >= 4 is 17.6 Å². The number of carbonyl (C=O) groups excluding carboxylic acids is 1. The summed E-state index contributed by atoms with van der Waals surface area (Å²) in [6, 6.07) is -0.862. The van der Waals surface area contributed by atoms with Crippen LogP contribution in [-0.2, 0) is 4.74 Å². The zero-order valence-corrected chi connectivity index (χ0v) is 16.4. The number of aliphatic imine (C=N–C) groups is 1. The molecule has 0 rings (SSSR count). The van der Waals surface area contributed by atoms with Gasteiger partial charge in [-0.2, -0.15) is 0 Å². The fraction of sp³-hybridized carbons (Fsp3) is 0.250.